The van der Waals surface area contributed by atoms with Gasteiger partial charge in [-0.1, -0.05) is 6.07 Å². The zero-order valence-corrected chi connectivity index (χ0v) is 13.3. The number of hydrogen-bond acceptors (Lipinski definition) is 4. The number of thiophene rings is 1. The van der Waals surface area contributed by atoms with Crippen molar-refractivity contribution in [3.63, 3.8) is 0 Å². The fourth-order valence-electron chi connectivity index (χ4n) is 2.37. The van der Waals surface area contributed by atoms with Crippen molar-refractivity contribution in [3.05, 3.63) is 71.2 Å². The maximum atomic E-state index is 12.0. The Morgan fingerprint density at radius 1 is 1.17 bits per heavy atom. The van der Waals surface area contributed by atoms with Gasteiger partial charge in [-0.2, -0.15) is 11.3 Å². The number of carbonyl (C=O) groups excluding carboxylic acids is 1. The summed E-state index contributed by atoms with van der Waals surface area (Å²) >= 11 is 1.48. The summed E-state index contributed by atoms with van der Waals surface area (Å²) in [6, 6.07) is 13.0. The van der Waals surface area contributed by atoms with E-state index in [2.05, 4.69) is 15.3 Å². The van der Waals surface area contributed by atoms with Crippen LogP contribution in [0.2, 0.25) is 0 Å². The lowest BCUT2D eigenvalue weighted by atomic mass is 10.2. The number of benzene rings is 1. The lowest BCUT2D eigenvalue weighted by Gasteiger charge is -2.07. The first kappa shape index (κ1) is 14.5. The molecule has 5 nitrogen and oxygen atoms in total. The SMILES string of the molecule is O=C(Nc1ccc(Oc2cccc3[nH]ccc23)nc1)c1ccsc1. The predicted octanol–water partition coefficient (Wildman–Crippen LogP) is 4.67. The summed E-state index contributed by atoms with van der Waals surface area (Å²) in [5, 5.41) is 7.47. The highest BCUT2D eigenvalue weighted by atomic mass is 32.1. The third kappa shape index (κ3) is 2.87. The van der Waals surface area contributed by atoms with Gasteiger partial charge in [0.25, 0.3) is 5.91 Å². The van der Waals surface area contributed by atoms with Gasteiger partial charge in [-0.3, -0.25) is 4.79 Å². The molecule has 0 atom stereocenters. The van der Waals surface area contributed by atoms with E-state index in [0.717, 1.165) is 16.7 Å². The molecule has 0 aliphatic carbocycles. The Bertz CT molecular complexity index is 975. The summed E-state index contributed by atoms with van der Waals surface area (Å²) in [5.41, 5.74) is 2.27. The van der Waals surface area contributed by atoms with Crippen LogP contribution in [0.15, 0.2) is 65.6 Å². The molecule has 0 saturated heterocycles. The number of nitrogens with one attached hydrogen (secondary N) is 2. The lowest BCUT2D eigenvalue weighted by Crippen LogP contribution is -2.10. The van der Waals surface area contributed by atoms with Crippen LogP contribution in [0, 0.1) is 0 Å². The van der Waals surface area contributed by atoms with Crippen molar-refractivity contribution in [1.82, 2.24) is 9.97 Å². The minimum atomic E-state index is -0.149. The molecule has 2 N–H and O–H groups in total. The Hall–Kier alpha value is -3.12. The number of anilines is 1. The molecule has 4 aromatic rings. The van der Waals surface area contributed by atoms with Crippen molar-refractivity contribution in [2.45, 2.75) is 0 Å². The molecule has 1 amide bonds. The van der Waals surface area contributed by atoms with Crippen LogP contribution in [0.4, 0.5) is 5.69 Å². The molecule has 4 rings (SSSR count). The van der Waals surface area contributed by atoms with Crippen LogP contribution in [0.3, 0.4) is 0 Å². The van der Waals surface area contributed by atoms with Gasteiger partial charge in [0.15, 0.2) is 0 Å². The summed E-state index contributed by atoms with van der Waals surface area (Å²) in [5.74, 6) is 1.05. The number of fused-ring (bicyclic) bond motifs is 1. The highest BCUT2D eigenvalue weighted by Gasteiger charge is 2.08. The maximum absolute atomic E-state index is 12.0. The normalized spacial score (nSPS) is 10.7. The molecule has 0 aliphatic rings. The van der Waals surface area contributed by atoms with Crippen LogP contribution < -0.4 is 10.1 Å². The molecule has 0 radical (unpaired) electrons. The molecule has 0 unspecified atom stereocenters. The summed E-state index contributed by atoms with van der Waals surface area (Å²) < 4.78 is 5.84. The third-order valence-corrected chi connectivity index (χ3v) is 4.23. The first-order valence-electron chi connectivity index (χ1n) is 7.33. The zero-order valence-electron chi connectivity index (χ0n) is 12.5. The summed E-state index contributed by atoms with van der Waals surface area (Å²) in [7, 11) is 0. The number of hydrogen-bond donors (Lipinski definition) is 2. The van der Waals surface area contributed by atoms with Crippen molar-refractivity contribution in [1.29, 1.82) is 0 Å². The lowest BCUT2D eigenvalue weighted by molar-refractivity contribution is 0.102. The Kier molecular flexibility index (Phi) is 3.72. The number of amides is 1. The number of carbonyl (C=O) groups is 1. The van der Waals surface area contributed by atoms with Crippen molar-refractivity contribution < 1.29 is 9.53 Å². The average Bonchev–Trinajstić information content (AvgIpc) is 3.28. The van der Waals surface area contributed by atoms with Crippen molar-refractivity contribution in [3.8, 4) is 11.6 Å². The van der Waals surface area contributed by atoms with Crippen LogP contribution in [0.5, 0.6) is 11.6 Å². The van der Waals surface area contributed by atoms with E-state index in [1.165, 1.54) is 11.3 Å². The van der Waals surface area contributed by atoms with Crippen molar-refractivity contribution in [2.24, 2.45) is 0 Å². The van der Waals surface area contributed by atoms with Gasteiger partial charge in [0.1, 0.15) is 5.75 Å². The molecular formula is C18H13N3O2S. The molecule has 1 aromatic carbocycles. The van der Waals surface area contributed by atoms with Crippen LogP contribution in [0.25, 0.3) is 10.9 Å². The van der Waals surface area contributed by atoms with Crippen LogP contribution in [-0.2, 0) is 0 Å². The highest BCUT2D eigenvalue weighted by Crippen LogP contribution is 2.28. The van der Waals surface area contributed by atoms with E-state index in [-0.39, 0.29) is 5.91 Å². The number of nitrogens with zero attached hydrogens (tertiary/aromatic N) is 1. The monoisotopic (exact) mass is 335 g/mol. The molecule has 3 heterocycles. The number of pyridine rings is 1. The van der Waals surface area contributed by atoms with Gasteiger partial charge in [-0.15, -0.1) is 0 Å². The summed E-state index contributed by atoms with van der Waals surface area (Å²) in [4.78, 5) is 19.4. The van der Waals surface area contributed by atoms with Crippen molar-refractivity contribution in [2.75, 3.05) is 5.32 Å². The molecule has 0 fully saturated rings. The van der Waals surface area contributed by atoms with Crippen LogP contribution >= 0.6 is 11.3 Å². The fourth-order valence-corrected chi connectivity index (χ4v) is 3.01. The van der Waals surface area contributed by atoms with Gasteiger partial charge in [0.05, 0.1) is 17.4 Å². The second-order valence-electron chi connectivity index (χ2n) is 5.15. The van der Waals surface area contributed by atoms with E-state index in [1.807, 2.05) is 35.8 Å². The molecule has 0 saturated carbocycles. The van der Waals surface area contributed by atoms with Gasteiger partial charge in [0.2, 0.25) is 5.88 Å². The molecule has 0 spiro atoms. The van der Waals surface area contributed by atoms with Gasteiger partial charge < -0.3 is 15.0 Å². The largest absolute Gasteiger partial charge is 0.438 e. The van der Waals surface area contributed by atoms with E-state index < -0.39 is 0 Å². The van der Waals surface area contributed by atoms with E-state index in [1.54, 1.807) is 29.8 Å². The molecule has 0 aliphatic heterocycles. The Morgan fingerprint density at radius 2 is 2.12 bits per heavy atom. The highest BCUT2D eigenvalue weighted by molar-refractivity contribution is 7.08. The number of rotatable bonds is 4. The van der Waals surface area contributed by atoms with E-state index in [4.69, 9.17) is 4.74 Å². The summed E-state index contributed by atoms with van der Waals surface area (Å²) in [6.07, 6.45) is 3.45. The van der Waals surface area contributed by atoms with E-state index in [0.29, 0.717) is 17.1 Å². The topological polar surface area (TPSA) is 67.0 Å². The zero-order chi connectivity index (χ0) is 16.4. The minimum Gasteiger partial charge on any atom is -0.438 e. The Morgan fingerprint density at radius 3 is 2.92 bits per heavy atom. The summed E-state index contributed by atoms with van der Waals surface area (Å²) in [6.45, 7) is 0. The van der Waals surface area contributed by atoms with Crippen LogP contribution in [-0.4, -0.2) is 15.9 Å². The Balaban J connectivity index is 1.50. The van der Waals surface area contributed by atoms with Gasteiger partial charge in [0, 0.05) is 28.5 Å². The molecule has 3 aromatic heterocycles. The quantitative estimate of drug-likeness (QED) is 0.569. The maximum Gasteiger partial charge on any atom is 0.256 e. The number of aromatic amines is 1. The molecule has 118 valence electrons. The van der Waals surface area contributed by atoms with E-state index >= 15 is 0 Å². The predicted molar refractivity (Wildman–Crippen MR) is 94.9 cm³/mol. The first-order chi connectivity index (χ1) is 11.8. The standard InChI is InChI=1S/C18H13N3O2S/c22-18(12-7-9-24-11-12)21-13-4-5-17(20-10-13)23-16-3-1-2-15-14(16)6-8-19-15/h1-11,19H,(H,21,22). The number of ether oxygens (including phenoxy) is 1. The van der Waals surface area contributed by atoms with E-state index in [9.17, 15) is 4.79 Å². The molecular weight excluding hydrogens is 322 g/mol. The second-order valence-corrected chi connectivity index (χ2v) is 5.93. The second kappa shape index (κ2) is 6.17. The molecule has 0 bridgehead atoms. The molecule has 24 heavy (non-hydrogen) atoms. The number of H-pyrrole nitrogens is 1. The Labute approximate surface area is 141 Å². The van der Waals surface area contributed by atoms with Gasteiger partial charge in [-0.25, -0.2) is 4.98 Å². The minimum absolute atomic E-state index is 0.149. The van der Waals surface area contributed by atoms with Gasteiger partial charge >= 0.3 is 0 Å². The average molecular weight is 335 g/mol. The number of aromatic nitrogens is 2. The van der Waals surface area contributed by atoms with Crippen LogP contribution in [0.1, 0.15) is 10.4 Å². The van der Waals surface area contributed by atoms with Crippen molar-refractivity contribution >= 4 is 33.8 Å². The first-order valence-corrected chi connectivity index (χ1v) is 8.27. The van der Waals surface area contributed by atoms with Gasteiger partial charge in [-0.05, 0) is 35.7 Å². The third-order valence-electron chi connectivity index (χ3n) is 3.55. The smallest absolute Gasteiger partial charge is 0.256 e. The fraction of sp³-hybridized carbons (Fsp3) is 0. The molecule has 6 heteroatoms.